The van der Waals surface area contributed by atoms with Crippen LogP contribution in [0.5, 0.6) is 0 Å². The molecule has 4 aromatic carbocycles. The van der Waals surface area contributed by atoms with Crippen LogP contribution in [0.3, 0.4) is 0 Å². The first kappa shape index (κ1) is 29.2. The lowest BCUT2D eigenvalue weighted by molar-refractivity contribution is -0.155. The zero-order valence-electron chi connectivity index (χ0n) is 23.3. The standard InChI is InChI=1S/C33H31FN2O5S/c1-22-18-23(2)20-27(19-22)35-33(38)32(25-9-4-3-5-10-25)41-31(37)21-30-29-11-7-6-8-24(29)16-17-36(30)42(39,40)28-14-12-26(34)13-15-28/h3-15,18-20,30,32H,16-17,21H2,1-2H3,(H,35,38)/t30-,32-/m1/s1. The summed E-state index contributed by atoms with van der Waals surface area (Å²) >= 11 is 0. The maximum atomic E-state index is 13.7. The fourth-order valence-corrected chi connectivity index (χ4v) is 6.97. The Morgan fingerprint density at radius 1 is 0.929 bits per heavy atom. The van der Waals surface area contributed by atoms with E-state index in [0.29, 0.717) is 23.2 Å². The van der Waals surface area contributed by atoms with Crippen LogP contribution in [0.2, 0.25) is 0 Å². The van der Waals surface area contributed by atoms with Gasteiger partial charge in [-0.25, -0.2) is 12.8 Å². The summed E-state index contributed by atoms with van der Waals surface area (Å²) in [5, 5.41) is 2.85. The summed E-state index contributed by atoms with van der Waals surface area (Å²) in [5.74, 6) is -1.82. The van der Waals surface area contributed by atoms with Crippen molar-refractivity contribution in [2.45, 2.75) is 43.7 Å². The molecule has 1 aliphatic heterocycles. The minimum Gasteiger partial charge on any atom is -0.447 e. The molecule has 0 bridgehead atoms. The molecule has 1 amide bonds. The van der Waals surface area contributed by atoms with Gasteiger partial charge in [-0.2, -0.15) is 4.31 Å². The topological polar surface area (TPSA) is 92.8 Å². The van der Waals surface area contributed by atoms with Crippen LogP contribution in [0.25, 0.3) is 0 Å². The van der Waals surface area contributed by atoms with E-state index in [4.69, 9.17) is 4.74 Å². The molecular formula is C33H31FN2O5S. The number of anilines is 1. The minimum atomic E-state index is -4.08. The number of rotatable bonds is 8. The number of benzene rings is 4. The summed E-state index contributed by atoms with van der Waals surface area (Å²) in [5.41, 5.74) is 4.60. The second-order valence-electron chi connectivity index (χ2n) is 10.4. The van der Waals surface area contributed by atoms with Gasteiger partial charge < -0.3 is 10.1 Å². The van der Waals surface area contributed by atoms with Crippen molar-refractivity contribution in [2.75, 3.05) is 11.9 Å². The van der Waals surface area contributed by atoms with Crippen LogP contribution in [0, 0.1) is 19.7 Å². The van der Waals surface area contributed by atoms with E-state index in [1.807, 2.05) is 44.2 Å². The van der Waals surface area contributed by atoms with Crippen LogP contribution >= 0.6 is 0 Å². The van der Waals surface area contributed by atoms with Gasteiger partial charge >= 0.3 is 5.97 Å². The van der Waals surface area contributed by atoms with Crippen LogP contribution < -0.4 is 5.32 Å². The largest absolute Gasteiger partial charge is 0.447 e. The zero-order chi connectivity index (χ0) is 29.9. The van der Waals surface area contributed by atoms with E-state index in [9.17, 15) is 22.4 Å². The average molecular weight is 587 g/mol. The van der Waals surface area contributed by atoms with Crippen molar-refractivity contribution in [1.29, 1.82) is 0 Å². The number of esters is 1. The molecule has 4 aromatic rings. The van der Waals surface area contributed by atoms with Crippen molar-refractivity contribution in [3.8, 4) is 0 Å². The number of aryl methyl sites for hydroxylation is 2. The molecule has 216 valence electrons. The van der Waals surface area contributed by atoms with Crippen LogP contribution in [-0.2, 0) is 30.8 Å². The van der Waals surface area contributed by atoms with Gasteiger partial charge in [0.2, 0.25) is 16.1 Å². The normalized spacial score (nSPS) is 15.8. The molecule has 7 nitrogen and oxygen atoms in total. The lowest BCUT2D eigenvalue weighted by Gasteiger charge is -2.36. The van der Waals surface area contributed by atoms with Gasteiger partial charge in [0.1, 0.15) is 5.82 Å². The average Bonchev–Trinajstić information content (AvgIpc) is 2.96. The summed E-state index contributed by atoms with van der Waals surface area (Å²) < 4.78 is 48.0. The van der Waals surface area contributed by atoms with Crippen LogP contribution in [0.1, 0.15) is 46.4 Å². The molecule has 0 radical (unpaired) electrons. The summed E-state index contributed by atoms with van der Waals surface area (Å²) in [6.45, 7) is 3.97. The Hall–Kier alpha value is -4.34. The number of sulfonamides is 1. The summed E-state index contributed by atoms with van der Waals surface area (Å²) in [4.78, 5) is 27.0. The number of carbonyl (C=O) groups is 2. The predicted octanol–water partition coefficient (Wildman–Crippen LogP) is 6.04. The molecule has 2 atom stereocenters. The molecular weight excluding hydrogens is 555 g/mol. The first-order chi connectivity index (χ1) is 20.1. The molecule has 1 aliphatic rings. The molecule has 0 saturated heterocycles. The van der Waals surface area contributed by atoms with E-state index in [1.165, 1.54) is 16.4 Å². The minimum absolute atomic E-state index is 0.0726. The Bertz CT molecular complexity index is 1690. The second-order valence-corrected chi connectivity index (χ2v) is 12.3. The number of nitrogens with zero attached hydrogens (tertiary/aromatic N) is 1. The third-order valence-corrected chi connectivity index (χ3v) is 9.14. The Morgan fingerprint density at radius 2 is 1.57 bits per heavy atom. The number of ether oxygens (including phenoxy) is 1. The molecule has 0 spiro atoms. The highest BCUT2D eigenvalue weighted by Gasteiger charge is 2.38. The Balaban J connectivity index is 1.44. The number of amides is 1. The van der Waals surface area contributed by atoms with Gasteiger partial charge in [-0.05, 0) is 78.9 Å². The second kappa shape index (κ2) is 12.3. The van der Waals surface area contributed by atoms with Crippen molar-refractivity contribution >= 4 is 27.6 Å². The van der Waals surface area contributed by atoms with E-state index in [-0.39, 0.29) is 17.9 Å². The first-order valence-corrected chi connectivity index (χ1v) is 15.0. The van der Waals surface area contributed by atoms with E-state index in [1.54, 1.807) is 42.5 Å². The summed E-state index contributed by atoms with van der Waals surface area (Å²) in [6, 6.07) is 25.4. The molecule has 0 unspecified atom stereocenters. The zero-order valence-corrected chi connectivity index (χ0v) is 24.1. The summed E-state index contributed by atoms with van der Waals surface area (Å²) in [7, 11) is -4.08. The fraction of sp³-hybridized carbons (Fsp3) is 0.212. The lowest BCUT2D eigenvalue weighted by Crippen LogP contribution is -2.41. The van der Waals surface area contributed by atoms with Crippen LogP contribution in [-0.4, -0.2) is 31.1 Å². The fourth-order valence-electron chi connectivity index (χ4n) is 5.36. The highest BCUT2D eigenvalue weighted by atomic mass is 32.2. The van der Waals surface area contributed by atoms with Gasteiger partial charge in [0.25, 0.3) is 5.91 Å². The molecule has 5 rings (SSSR count). The van der Waals surface area contributed by atoms with Crippen molar-refractivity contribution in [1.82, 2.24) is 4.31 Å². The number of carbonyl (C=O) groups excluding carboxylic acids is 2. The number of halogens is 1. The number of nitrogens with one attached hydrogen (secondary N) is 1. The smallest absolute Gasteiger partial charge is 0.308 e. The van der Waals surface area contributed by atoms with Gasteiger partial charge in [0.15, 0.2) is 0 Å². The summed E-state index contributed by atoms with van der Waals surface area (Å²) in [6.07, 6.45) is -1.13. The number of hydrogen-bond donors (Lipinski definition) is 1. The van der Waals surface area contributed by atoms with Gasteiger partial charge in [0, 0.05) is 17.8 Å². The Kier molecular flexibility index (Phi) is 8.51. The van der Waals surface area contributed by atoms with E-state index >= 15 is 0 Å². The van der Waals surface area contributed by atoms with Crippen molar-refractivity contribution < 1.29 is 27.1 Å². The molecule has 0 aromatic heterocycles. The lowest BCUT2D eigenvalue weighted by atomic mass is 9.92. The SMILES string of the molecule is Cc1cc(C)cc(NC(=O)[C@H](OC(=O)C[C@@H]2c3ccccc3CCN2S(=O)(=O)c2ccc(F)cc2)c2ccccc2)c1. The van der Waals surface area contributed by atoms with Gasteiger partial charge in [-0.1, -0.05) is 60.7 Å². The quantitative estimate of drug-likeness (QED) is 0.254. The van der Waals surface area contributed by atoms with Gasteiger partial charge in [-0.15, -0.1) is 0 Å². The molecule has 0 saturated carbocycles. The maximum Gasteiger partial charge on any atom is 0.308 e. The van der Waals surface area contributed by atoms with E-state index < -0.39 is 39.9 Å². The Morgan fingerprint density at radius 3 is 2.26 bits per heavy atom. The molecule has 1 heterocycles. The third-order valence-electron chi connectivity index (χ3n) is 7.22. The Labute approximate surface area is 245 Å². The van der Waals surface area contributed by atoms with Crippen LogP contribution in [0.4, 0.5) is 10.1 Å². The molecule has 9 heteroatoms. The van der Waals surface area contributed by atoms with Crippen molar-refractivity contribution in [3.63, 3.8) is 0 Å². The number of fused-ring (bicyclic) bond motifs is 1. The van der Waals surface area contributed by atoms with E-state index in [0.717, 1.165) is 28.8 Å². The van der Waals surface area contributed by atoms with E-state index in [2.05, 4.69) is 5.32 Å². The highest BCUT2D eigenvalue weighted by Crippen LogP contribution is 2.37. The molecule has 1 N–H and O–H groups in total. The monoisotopic (exact) mass is 586 g/mol. The molecule has 42 heavy (non-hydrogen) atoms. The molecule has 0 aliphatic carbocycles. The van der Waals surface area contributed by atoms with Crippen molar-refractivity contribution in [3.05, 3.63) is 131 Å². The number of hydrogen-bond acceptors (Lipinski definition) is 5. The predicted molar refractivity (Wildman–Crippen MR) is 158 cm³/mol. The highest BCUT2D eigenvalue weighted by molar-refractivity contribution is 7.89. The maximum absolute atomic E-state index is 13.7. The van der Waals surface area contributed by atoms with Gasteiger partial charge in [0.05, 0.1) is 17.4 Å². The van der Waals surface area contributed by atoms with Gasteiger partial charge in [-0.3, -0.25) is 9.59 Å². The molecule has 0 fully saturated rings. The van der Waals surface area contributed by atoms with Crippen molar-refractivity contribution in [2.24, 2.45) is 0 Å². The third kappa shape index (κ3) is 6.42. The van der Waals surface area contributed by atoms with Crippen LogP contribution in [0.15, 0.2) is 102 Å². The first-order valence-electron chi connectivity index (χ1n) is 13.6.